The molecule has 0 heterocycles. The highest BCUT2D eigenvalue weighted by Crippen LogP contribution is 2.45. The Morgan fingerprint density at radius 1 is 0.569 bits per heavy atom. The second-order valence-corrected chi connectivity index (χ2v) is 13.6. The summed E-state index contributed by atoms with van der Waals surface area (Å²) in [4.78, 5) is 56.1. The maximum atomic E-state index is 12.9. The lowest BCUT2D eigenvalue weighted by atomic mass is 9.92. The molecule has 310 valence electrons. The Hall–Kier alpha value is -6.58. The molecule has 58 heavy (non-hydrogen) atoms. The number of esters is 2. The van der Waals surface area contributed by atoms with Gasteiger partial charge in [-0.15, -0.1) is 0 Å². The van der Waals surface area contributed by atoms with Crippen molar-refractivity contribution in [3.8, 4) is 22.6 Å². The smallest absolute Gasteiger partial charge is 0.338 e. The number of carbonyl (C=O) groups excluding carboxylic acids is 4. The molecule has 0 aliphatic rings. The molecule has 0 aliphatic heterocycles. The Bertz CT molecular complexity index is 1930. The Kier molecular flexibility index (Phi) is 17.4. The van der Waals surface area contributed by atoms with Crippen LogP contribution in [0.25, 0.3) is 32.7 Å². The molecule has 4 aromatic rings. The number of ether oxygens (including phenoxy) is 4. The average Bonchev–Trinajstić information content (AvgIpc) is 3.22. The van der Waals surface area contributed by atoms with Crippen LogP contribution in [0.4, 0.5) is 0 Å². The van der Waals surface area contributed by atoms with Crippen LogP contribution in [-0.2, 0) is 28.7 Å². The van der Waals surface area contributed by atoms with Gasteiger partial charge in [-0.3, -0.25) is 42.5 Å². The van der Waals surface area contributed by atoms with Gasteiger partial charge in [-0.25, -0.2) is 9.59 Å². The lowest BCUT2D eigenvalue weighted by Gasteiger charge is -2.20. The highest BCUT2D eigenvalue weighted by Gasteiger charge is 2.23. The molecular formula is C42H56N8O8+2. The van der Waals surface area contributed by atoms with Crippen LogP contribution in [0, 0.1) is 0 Å². The molecule has 0 unspecified atom stereocenters. The minimum Gasteiger partial charge on any atom is -0.493 e. The van der Waals surface area contributed by atoms with Crippen LogP contribution < -0.4 is 53.0 Å². The first-order valence-corrected chi connectivity index (χ1v) is 19.3. The topological polar surface area (TPSA) is 261 Å². The van der Waals surface area contributed by atoms with E-state index < -0.39 is 24.0 Å². The molecule has 12 N–H and O–H groups in total. The molecule has 4 aromatic carbocycles. The van der Waals surface area contributed by atoms with Crippen molar-refractivity contribution in [2.45, 2.75) is 63.5 Å². The van der Waals surface area contributed by atoms with Crippen molar-refractivity contribution in [3.05, 3.63) is 72.8 Å². The summed E-state index contributed by atoms with van der Waals surface area (Å²) < 4.78 is 22.6. The zero-order chi connectivity index (χ0) is 41.9. The number of amides is 2. The Balaban J connectivity index is 1.48. The predicted molar refractivity (Wildman–Crippen MR) is 221 cm³/mol. The SMILES string of the molecule is COC(=O)[C@@H](CCC[NH+]=C(N)N)NC(=O)CCCOc1ccc2ccccc2c1-c1c(OCCCC(=O)N[C@H](CCC[NH+]=C(N)N)C(=O)OC)ccc2ccccc12. The highest BCUT2D eigenvalue weighted by atomic mass is 16.5. The van der Waals surface area contributed by atoms with Gasteiger partial charge in [0.2, 0.25) is 11.8 Å². The van der Waals surface area contributed by atoms with Crippen molar-refractivity contribution in [2.75, 3.05) is 40.5 Å². The van der Waals surface area contributed by atoms with Gasteiger partial charge in [0.05, 0.1) is 40.5 Å². The van der Waals surface area contributed by atoms with Gasteiger partial charge in [-0.05, 0) is 72.2 Å². The zero-order valence-corrected chi connectivity index (χ0v) is 33.1. The van der Waals surface area contributed by atoms with Gasteiger partial charge in [-0.1, -0.05) is 60.7 Å². The fourth-order valence-corrected chi connectivity index (χ4v) is 6.48. The first-order chi connectivity index (χ1) is 28.0. The molecule has 4 rings (SSSR count). The number of fused-ring (bicyclic) bond motifs is 2. The first kappa shape index (κ1) is 44.1. The highest BCUT2D eigenvalue weighted by molar-refractivity contribution is 6.09. The van der Waals surface area contributed by atoms with E-state index >= 15 is 0 Å². The third-order valence-corrected chi connectivity index (χ3v) is 9.28. The van der Waals surface area contributed by atoms with E-state index in [9.17, 15) is 19.2 Å². The van der Waals surface area contributed by atoms with Crippen LogP contribution >= 0.6 is 0 Å². The van der Waals surface area contributed by atoms with E-state index in [2.05, 4.69) is 20.6 Å². The van der Waals surface area contributed by atoms with Crippen molar-refractivity contribution in [1.29, 1.82) is 0 Å². The number of nitrogens with two attached hydrogens (primary N) is 4. The Morgan fingerprint density at radius 3 is 1.34 bits per heavy atom. The molecule has 0 aromatic heterocycles. The van der Waals surface area contributed by atoms with Gasteiger partial charge in [-0.2, -0.15) is 0 Å². The minimum atomic E-state index is -0.809. The fourth-order valence-electron chi connectivity index (χ4n) is 6.48. The van der Waals surface area contributed by atoms with E-state index in [1.807, 2.05) is 72.8 Å². The van der Waals surface area contributed by atoms with Crippen LogP contribution in [0.5, 0.6) is 11.5 Å². The second-order valence-electron chi connectivity index (χ2n) is 13.6. The summed E-state index contributed by atoms with van der Waals surface area (Å²) in [6.45, 7) is 1.32. The normalized spacial score (nSPS) is 11.8. The molecule has 16 nitrogen and oxygen atoms in total. The maximum absolute atomic E-state index is 12.9. The van der Waals surface area contributed by atoms with Crippen molar-refractivity contribution < 1.29 is 48.1 Å². The van der Waals surface area contributed by atoms with Crippen LogP contribution in [-0.4, -0.2) is 88.3 Å². The molecule has 0 saturated carbocycles. The minimum absolute atomic E-state index is 0.0809. The Morgan fingerprint density at radius 2 is 0.966 bits per heavy atom. The van der Waals surface area contributed by atoms with Gasteiger partial charge in [0.25, 0.3) is 0 Å². The van der Waals surface area contributed by atoms with Crippen LogP contribution in [0.2, 0.25) is 0 Å². The lowest BCUT2D eigenvalue weighted by Crippen LogP contribution is -2.78. The van der Waals surface area contributed by atoms with Crippen LogP contribution in [0.1, 0.15) is 51.4 Å². The van der Waals surface area contributed by atoms with Gasteiger partial charge in [0.15, 0.2) is 0 Å². The first-order valence-electron chi connectivity index (χ1n) is 19.3. The number of guanidine groups is 2. The largest absolute Gasteiger partial charge is 0.493 e. The molecule has 2 amide bonds. The van der Waals surface area contributed by atoms with Crippen LogP contribution in [0.3, 0.4) is 0 Å². The Labute approximate surface area is 337 Å². The summed E-state index contributed by atoms with van der Waals surface area (Å²) in [5.41, 5.74) is 23.4. The molecule has 0 fully saturated rings. The van der Waals surface area contributed by atoms with E-state index in [-0.39, 0.29) is 49.8 Å². The predicted octanol–water partition coefficient (Wildman–Crippen LogP) is -0.438. The van der Waals surface area contributed by atoms with E-state index in [1.54, 1.807) is 0 Å². The third-order valence-electron chi connectivity index (χ3n) is 9.28. The summed E-state index contributed by atoms with van der Waals surface area (Å²) >= 11 is 0. The van der Waals surface area contributed by atoms with Gasteiger partial charge < -0.3 is 29.6 Å². The number of hydrogen-bond donors (Lipinski definition) is 8. The third kappa shape index (κ3) is 13.3. The van der Waals surface area contributed by atoms with Crippen molar-refractivity contribution in [3.63, 3.8) is 0 Å². The molecule has 0 aliphatic carbocycles. The van der Waals surface area contributed by atoms with E-state index in [0.29, 0.717) is 63.1 Å². The fraction of sp³-hybridized carbons (Fsp3) is 0.381. The zero-order valence-electron chi connectivity index (χ0n) is 33.1. The summed E-state index contributed by atoms with van der Waals surface area (Å²) in [7, 11) is 2.55. The number of carbonyl (C=O) groups is 4. The quantitative estimate of drug-likeness (QED) is 0.0206. The van der Waals surface area contributed by atoms with Gasteiger partial charge in [0.1, 0.15) is 23.6 Å². The molecular weight excluding hydrogens is 745 g/mol. The molecule has 0 spiro atoms. The number of hydrogen-bond acceptors (Lipinski definition) is 8. The number of methoxy groups -OCH3 is 2. The lowest BCUT2D eigenvalue weighted by molar-refractivity contribution is -0.460. The summed E-state index contributed by atoms with van der Waals surface area (Å²) in [5.74, 6) is -0.315. The van der Waals surface area contributed by atoms with E-state index in [1.165, 1.54) is 14.2 Å². The standard InChI is InChI=1S/C42H54N8O8/c1-55-39(53)31(15-7-23-47-41(43)44)49-35(51)17-9-25-57-33-21-19-27-11-3-5-13-29(27)37(33)38-30-14-6-4-12-28(30)20-22-34(38)58-26-10-18-36(52)50-32(40(54)56-2)16-8-24-48-42(45)46/h3-6,11-14,19-22,31-32H,7-10,15-18,23-26H2,1-2H3,(H,49,51)(H,50,52)(H4,43,44,47)(H4,45,46,48)/p+2/t31-,32-/m1/s1. The summed E-state index contributed by atoms with van der Waals surface area (Å²) in [6.07, 6.45) is 2.74. The number of benzene rings is 4. The monoisotopic (exact) mass is 800 g/mol. The molecule has 0 saturated heterocycles. The molecule has 0 radical (unpaired) electrons. The van der Waals surface area contributed by atoms with Crippen molar-refractivity contribution in [1.82, 2.24) is 10.6 Å². The average molecular weight is 801 g/mol. The van der Waals surface area contributed by atoms with E-state index in [4.69, 9.17) is 41.9 Å². The van der Waals surface area contributed by atoms with Crippen molar-refractivity contribution in [2.24, 2.45) is 22.9 Å². The van der Waals surface area contributed by atoms with Crippen molar-refractivity contribution >= 4 is 57.2 Å². The van der Waals surface area contributed by atoms with E-state index in [0.717, 1.165) is 32.7 Å². The molecule has 0 bridgehead atoms. The van der Waals surface area contributed by atoms with Gasteiger partial charge in [0, 0.05) is 24.0 Å². The molecule has 2 atom stereocenters. The van der Waals surface area contributed by atoms with Gasteiger partial charge >= 0.3 is 23.9 Å². The molecule has 16 heteroatoms. The summed E-state index contributed by atoms with van der Waals surface area (Å²) in [6, 6.07) is 22.2. The second kappa shape index (κ2) is 22.8. The number of nitrogens with one attached hydrogen (secondary N) is 4. The summed E-state index contributed by atoms with van der Waals surface area (Å²) in [5, 5.41) is 9.41. The maximum Gasteiger partial charge on any atom is 0.338 e. The van der Waals surface area contributed by atoms with Crippen LogP contribution in [0.15, 0.2) is 72.8 Å². The number of rotatable bonds is 23.